The van der Waals surface area contributed by atoms with E-state index in [4.69, 9.17) is 0 Å². The van der Waals surface area contributed by atoms with Crippen molar-refractivity contribution < 1.29 is 13.6 Å². The molecule has 0 bridgehead atoms. The van der Waals surface area contributed by atoms with E-state index >= 15 is 0 Å². The van der Waals surface area contributed by atoms with Gasteiger partial charge in [0.15, 0.2) is 0 Å². The van der Waals surface area contributed by atoms with Crippen LogP contribution < -0.4 is 0 Å². The first-order valence-electron chi connectivity index (χ1n) is 9.61. The number of hydrogen-bond donors (Lipinski definition) is 0. The van der Waals surface area contributed by atoms with Crippen molar-refractivity contribution in [3.05, 3.63) is 71.3 Å². The molecule has 2 aliphatic rings. The minimum atomic E-state index is -0.240. The van der Waals surface area contributed by atoms with Gasteiger partial charge in [0.2, 0.25) is 5.91 Å². The van der Waals surface area contributed by atoms with Gasteiger partial charge >= 0.3 is 0 Å². The standard InChI is InChI=1S/C22H24F2N2O/c23-18-6-2-16(3-7-18)15-25-10-1-11-26(13-12-25)22(27)21-14-20(21)17-4-8-19(24)9-5-17/h2-9,20-21H,1,10-15H2. The number of halogens is 2. The van der Waals surface area contributed by atoms with Crippen LogP contribution in [0, 0.1) is 17.6 Å². The van der Waals surface area contributed by atoms with Gasteiger partial charge in [-0.15, -0.1) is 0 Å². The normalized spacial score (nSPS) is 23.1. The molecule has 3 nitrogen and oxygen atoms in total. The van der Waals surface area contributed by atoms with Crippen molar-refractivity contribution in [3.8, 4) is 0 Å². The summed E-state index contributed by atoms with van der Waals surface area (Å²) in [5.74, 6) is 0.0475. The van der Waals surface area contributed by atoms with Crippen molar-refractivity contribution >= 4 is 5.91 Å². The lowest BCUT2D eigenvalue weighted by Crippen LogP contribution is -2.36. The maximum Gasteiger partial charge on any atom is 0.226 e. The van der Waals surface area contributed by atoms with Crippen LogP contribution in [0.25, 0.3) is 0 Å². The topological polar surface area (TPSA) is 23.6 Å². The largest absolute Gasteiger partial charge is 0.341 e. The van der Waals surface area contributed by atoms with E-state index in [1.54, 1.807) is 12.1 Å². The molecule has 2 aromatic carbocycles. The molecule has 27 heavy (non-hydrogen) atoms. The van der Waals surface area contributed by atoms with E-state index in [0.29, 0.717) is 0 Å². The Morgan fingerprint density at radius 2 is 1.56 bits per heavy atom. The first kappa shape index (κ1) is 18.1. The number of amides is 1. The zero-order chi connectivity index (χ0) is 18.8. The van der Waals surface area contributed by atoms with Gasteiger partial charge in [-0.3, -0.25) is 9.69 Å². The second kappa shape index (κ2) is 7.77. The number of nitrogens with zero attached hydrogens (tertiary/aromatic N) is 2. The van der Waals surface area contributed by atoms with Gasteiger partial charge in [0.1, 0.15) is 11.6 Å². The van der Waals surface area contributed by atoms with Crippen molar-refractivity contribution in [1.82, 2.24) is 9.80 Å². The third-order valence-corrected chi connectivity index (χ3v) is 5.63. The predicted octanol–water partition coefficient (Wildman–Crippen LogP) is 3.80. The molecule has 4 rings (SSSR count). The second-order valence-corrected chi connectivity index (χ2v) is 7.58. The van der Waals surface area contributed by atoms with Gasteiger partial charge in [-0.25, -0.2) is 8.78 Å². The summed E-state index contributed by atoms with van der Waals surface area (Å²) >= 11 is 0. The van der Waals surface area contributed by atoms with Gasteiger partial charge in [0, 0.05) is 38.6 Å². The summed E-state index contributed by atoms with van der Waals surface area (Å²) in [5, 5.41) is 0. The Kier molecular flexibility index (Phi) is 5.21. The number of carbonyl (C=O) groups is 1. The summed E-state index contributed by atoms with van der Waals surface area (Å²) in [4.78, 5) is 17.2. The summed E-state index contributed by atoms with van der Waals surface area (Å²) in [6, 6.07) is 13.1. The summed E-state index contributed by atoms with van der Waals surface area (Å²) in [6.07, 6.45) is 1.81. The molecule has 1 saturated carbocycles. The van der Waals surface area contributed by atoms with E-state index in [9.17, 15) is 13.6 Å². The number of carbonyl (C=O) groups excluding carboxylic acids is 1. The Balaban J connectivity index is 1.31. The molecule has 0 spiro atoms. The fourth-order valence-corrected chi connectivity index (χ4v) is 3.98. The van der Waals surface area contributed by atoms with E-state index in [1.807, 2.05) is 17.0 Å². The molecule has 2 aromatic rings. The molecule has 1 saturated heterocycles. The molecule has 1 aliphatic heterocycles. The lowest BCUT2D eigenvalue weighted by molar-refractivity contribution is -0.132. The molecule has 0 N–H and O–H groups in total. The zero-order valence-corrected chi connectivity index (χ0v) is 15.3. The molecule has 5 heteroatoms. The van der Waals surface area contributed by atoms with Crippen molar-refractivity contribution in [1.29, 1.82) is 0 Å². The Labute approximate surface area is 158 Å². The molecule has 0 aromatic heterocycles. The van der Waals surface area contributed by atoms with Gasteiger partial charge in [-0.05, 0) is 54.2 Å². The second-order valence-electron chi connectivity index (χ2n) is 7.58. The van der Waals surface area contributed by atoms with Crippen LogP contribution in [0.5, 0.6) is 0 Å². The number of rotatable bonds is 4. The fourth-order valence-electron chi connectivity index (χ4n) is 3.98. The smallest absolute Gasteiger partial charge is 0.226 e. The van der Waals surface area contributed by atoms with Gasteiger partial charge in [0.25, 0.3) is 0 Å². The van der Waals surface area contributed by atoms with Gasteiger partial charge in [-0.1, -0.05) is 24.3 Å². The molecule has 1 heterocycles. The van der Waals surface area contributed by atoms with Gasteiger partial charge < -0.3 is 4.90 Å². The third-order valence-electron chi connectivity index (χ3n) is 5.63. The summed E-state index contributed by atoms with van der Waals surface area (Å²) in [5.41, 5.74) is 2.15. The van der Waals surface area contributed by atoms with Crippen LogP contribution in [0.4, 0.5) is 8.78 Å². The highest BCUT2D eigenvalue weighted by Gasteiger charge is 2.45. The Morgan fingerprint density at radius 3 is 2.26 bits per heavy atom. The predicted molar refractivity (Wildman–Crippen MR) is 100 cm³/mol. The van der Waals surface area contributed by atoms with Crippen molar-refractivity contribution in [2.75, 3.05) is 26.2 Å². The minimum Gasteiger partial charge on any atom is -0.341 e. The Hall–Kier alpha value is -2.27. The highest BCUT2D eigenvalue weighted by Crippen LogP contribution is 2.48. The lowest BCUT2D eigenvalue weighted by Gasteiger charge is -2.22. The quantitative estimate of drug-likeness (QED) is 0.817. The van der Waals surface area contributed by atoms with Crippen LogP contribution in [0.1, 0.15) is 29.9 Å². The van der Waals surface area contributed by atoms with E-state index in [-0.39, 0.29) is 29.4 Å². The first-order valence-corrected chi connectivity index (χ1v) is 9.61. The minimum absolute atomic E-state index is 0.0408. The van der Waals surface area contributed by atoms with E-state index in [0.717, 1.165) is 56.7 Å². The van der Waals surface area contributed by atoms with E-state index in [1.165, 1.54) is 24.3 Å². The summed E-state index contributed by atoms with van der Waals surface area (Å²) < 4.78 is 26.1. The van der Waals surface area contributed by atoms with E-state index in [2.05, 4.69) is 4.90 Å². The third kappa shape index (κ3) is 4.35. The first-order chi connectivity index (χ1) is 13.1. The van der Waals surface area contributed by atoms with Crippen LogP contribution >= 0.6 is 0 Å². The fraction of sp³-hybridized carbons (Fsp3) is 0.409. The van der Waals surface area contributed by atoms with Gasteiger partial charge in [-0.2, -0.15) is 0 Å². The maximum atomic E-state index is 13.1. The Morgan fingerprint density at radius 1 is 0.889 bits per heavy atom. The molecular weight excluding hydrogens is 346 g/mol. The average molecular weight is 370 g/mol. The molecule has 2 atom stereocenters. The van der Waals surface area contributed by atoms with E-state index < -0.39 is 0 Å². The molecule has 2 unspecified atom stereocenters. The zero-order valence-electron chi connectivity index (χ0n) is 15.3. The molecule has 1 amide bonds. The monoisotopic (exact) mass is 370 g/mol. The summed E-state index contributed by atoms with van der Waals surface area (Å²) in [7, 11) is 0. The molecular formula is C22H24F2N2O. The van der Waals surface area contributed by atoms with Crippen molar-refractivity contribution in [3.63, 3.8) is 0 Å². The van der Waals surface area contributed by atoms with Crippen molar-refractivity contribution in [2.45, 2.75) is 25.3 Å². The van der Waals surface area contributed by atoms with Crippen LogP contribution in [0.2, 0.25) is 0 Å². The van der Waals surface area contributed by atoms with Crippen LogP contribution in [-0.4, -0.2) is 41.9 Å². The molecule has 2 fully saturated rings. The van der Waals surface area contributed by atoms with Gasteiger partial charge in [0.05, 0.1) is 0 Å². The summed E-state index contributed by atoms with van der Waals surface area (Å²) in [6.45, 7) is 4.06. The Bertz CT molecular complexity index is 791. The lowest BCUT2D eigenvalue weighted by atomic mass is 10.1. The SMILES string of the molecule is O=C(C1CC1c1ccc(F)cc1)N1CCCN(Cc2ccc(F)cc2)CC1. The van der Waals surface area contributed by atoms with Crippen LogP contribution in [-0.2, 0) is 11.3 Å². The average Bonchev–Trinajstić information content (AvgIpc) is 3.48. The van der Waals surface area contributed by atoms with Crippen LogP contribution in [0.3, 0.4) is 0 Å². The maximum absolute atomic E-state index is 13.1. The number of hydrogen-bond acceptors (Lipinski definition) is 2. The highest BCUT2D eigenvalue weighted by molar-refractivity contribution is 5.83. The van der Waals surface area contributed by atoms with Crippen molar-refractivity contribution in [2.24, 2.45) is 5.92 Å². The van der Waals surface area contributed by atoms with Crippen LogP contribution in [0.15, 0.2) is 48.5 Å². The number of benzene rings is 2. The molecule has 142 valence electrons. The molecule has 0 radical (unpaired) electrons. The molecule has 1 aliphatic carbocycles. The highest BCUT2D eigenvalue weighted by atomic mass is 19.1.